The highest BCUT2D eigenvalue weighted by molar-refractivity contribution is 5.80. The fourth-order valence-electron chi connectivity index (χ4n) is 2.68. The van der Waals surface area contributed by atoms with Crippen molar-refractivity contribution in [2.24, 2.45) is 11.1 Å². The Balaban J connectivity index is 3.78. The van der Waals surface area contributed by atoms with Crippen LogP contribution in [0.3, 0.4) is 0 Å². The summed E-state index contributed by atoms with van der Waals surface area (Å²) in [5, 5.41) is 9.48. The minimum atomic E-state index is -0.670. The third-order valence-corrected chi connectivity index (χ3v) is 4.06. The molecule has 114 valence electrons. The van der Waals surface area contributed by atoms with E-state index in [1.165, 1.54) is 38.5 Å². The van der Waals surface area contributed by atoms with E-state index in [0.29, 0.717) is 6.42 Å². The van der Waals surface area contributed by atoms with E-state index >= 15 is 0 Å². The Bertz CT molecular complexity index is 231. The maximum atomic E-state index is 11.5. The largest absolute Gasteiger partial charge is 0.395 e. The number of hydrogen-bond donors (Lipinski definition) is 2. The SMILES string of the molecule is CCCCCCCCCCC(CO)(CCC)C(N)=O. The summed E-state index contributed by atoms with van der Waals surface area (Å²) in [5.74, 6) is -0.334. The number of amides is 1. The molecular weight excluding hydrogens is 238 g/mol. The molecule has 3 nitrogen and oxygen atoms in total. The van der Waals surface area contributed by atoms with E-state index < -0.39 is 5.41 Å². The normalized spacial score (nSPS) is 14.3. The van der Waals surface area contributed by atoms with E-state index in [4.69, 9.17) is 5.73 Å². The Morgan fingerprint density at radius 2 is 1.42 bits per heavy atom. The zero-order chi connectivity index (χ0) is 14.6. The summed E-state index contributed by atoms with van der Waals surface area (Å²) in [7, 11) is 0. The van der Waals surface area contributed by atoms with E-state index in [1.54, 1.807) is 0 Å². The molecule has 0 rings (SSSR count). The number of unbranched alkanes of at least 4 members (excludes halogenated alkanes) is 7. The van der Waals surface area contributed by atoms with Crippen molar-refractivity contribution in [2.45, 2.75) is 84.5 Å². The molecule has 1 unspecified atom stereocenters. The summed E-state index contributed by atoms with van der Waals surface area (Å²) >= 11 is 0. The van der Waals surface area contributed by atoms with Gasteiger partial charge in [0.25, 0.3) is 0 Å². The molecule has 0 bridgehead atoms. The van der Waals surface area contributed by atoms with Crippen LogP contribution in [0.2, 0.25) is 0 Å². The highest BCUT2D eigenvalue weighted by atomic mass is 16.3. The third kappa shape index (κ3) is 7.56. The van der Waals surface area contributed by atoms with Crippen LogP contribution in [0.1, 0.15) is 84.5 Å². The molecule has 0 spiro atoms. The van der Waals surface area contributed by atoms with Crippen LogP contribution in [0.25, 0.3) is 0 Å². The number of aliphatic hydroxyl groups is 1. The number of nitrogens with two attached hydrogens (primary N) is 1. The minimum Gasteiger partial charge on any atom is -0.395 e. The van der Waals surface area contributed by atoms with Gasteiger partial charge in [-0.2, -0.15) is 0 Å². The Kier molecular flexibility index (Phi) is 10.9. The fourth-order valence-corrected chi connectivity index (χ4v) is 2.68. The van der Waals surface area contributed by atoms with Gasteiger partial charge >= 0.3 is 0 Å². The molecule has 0 aromatic carbocycles. The van der Waals surface area contributed by atoms with E-state index in [0.717, 1.165) is 25.7 Å². The van der Waals surface area contributed by atoms with Crippen LogP contribution < -0.4 is 5.73 Å². The first-order chi connectivity index (χ1) is 9.13. The zero-order valence-corrected chi connectivity index (χ0v) is 12.9. The standard InChI is InChI=1S/C16H33NO2/c1-3-5-6-7-8-9-10-11-13-16(14-18,12-4-2)15(17)19/h18H,3-14H2,1-2H3,(H2,17,19). The van der Waals surface area contributed by atoms with Crippen molar-refractivity contribution in [1.82, 2.24) is 0 Å². The lowest BCUT2D eigenvalue weighted by Crippen LogP contribution is -2.40. The van der Waals surface area contributed by atoms with E-state index in [-0.39, 0.29) is 12.5 Å². The summed E-state index contributed by atoms with van der Waals surface area (Å²) in [4.78, 5) is 11.5. The lowest BCUT2D eigenvalue weighted by atomic mass is 9.78. The molecule has 0 heterocycles. The molecule has 0 aliphatic heterocycles. The molecule has 19 heavy (non-hydrogen) atoms. The van der Waals surface area contributed by atoms with Gasteiger partial charge in [0.05, 0.1) is 12.0 Å². The third-order valence-electron chi connectivity index (χ3n) is 4.06. The topological polar surface area (TPSA) is 63.3 Å². The smallest absolute Gasteiger partial charge is 0.225 e. The molecule has 0 aromatic rings. The summed E-state index contributed by atoms with van der Waals surface area (Å²) in [5.41, 5.74) is 4.80. The number of aliphatic hydroxyl groups excluding tert-OH is 1. The highest BCUT2D eigenvalue weighted by Crippen LogP contribution is 2.30. The second-order valence-electron chi connectivity index (χ2n) is 5.78. The predicted octanol–water partition coefficient (Wildman–Crippen LogP) is 3.78. The average molecular weight is 271 g/mol. The van der Waals surface area contributed by atoms with Gasteiger partial charge < -0.3 is 10.8 Å². The maximum Gasteiger partial charge on any atom is 0.225 e. The number of primary amides is 1. The van der Waals surface area contributed by atoms with E-state index in [2.05, 4.69) is 6.92 Å². The van der Waals surface area contributed by atoms with Crippen molar-refractivity contribution in [1.29, 1.82) is 0 Å². The quantitative estimate of drug-likeness (QED) is 0.501. The second kappa shape index (κ2) is 11.3. The average Bonchev–Trinajstić information content (AvgIpc) is 2.40. The van der Waals surface area contributed by atoms with Gasteiger partial charge in [-0.15, -0.1) is 0 Å². The fraction of sp³-hybridized carbons (Fsp3) is 0.938. The number of carbonyl (C=O) groups is 1. The van der Waals surface area contributed by atoms with Crippen molar-refractivity contribution >= 4 is 5.91 Å². The molecule has 0 aromatic heterocycles. The first-order valence-electron chi connectivity index (χ1n) is 8.03. The van der Waals surface area contributed by atoms with Crippen molar-refractivity contribution in [2.75, 3.05) is 6.61 Å². The molecule has 0 fully saturated rings. The van der Waals surface area contributed by atoms with Crippen LogP contribution in [0.5, 0.6) is 0 Å². The van der Waals surface area contributed by atoms with Gasteiger partial charge in [0, 0.05) is 0 Å². The summed E-state index contributed by atoms with van der Waals surface area (Å²) < 4.78 is 0. The minimum absolute atomic E-state index is 0.104. The molecule has 0 radical (unpaired) electrons. The van der Waals surface area contributed by atoms with E-state index in [1.807, 2.05) is 6.92 Å². The van der Waals surface area contributed by atoms with Crippen LogP contribution in [0.15, 0.2) is 0 Å². The molecule has 0 aliphatic rings. The predicted molar refractivity (Wildman–Crippen MR) is 80.8 cm³/mol. The van der Waals surface area contributed by atoms with E-state index in [9.17, 15) is 9.90 Å². The van der Waals surface area contributed by atoms with Gasteiger partial charge in [0.1, 0.15) is 0 Å². The molecule has 1 amide bonds. The van der Waals surface area contributed by atoms with Crippen molar-refractivity contribution < 1.29 is 9.90 Å². The Labute approximate surface area is 119 Å². The molecule has 0 saturated carbocycles. The zero-order valence-electron chi connectivity index (χ0n) is 12.9. The van der Waals surface area contributed by atoms with Crippen molar-refractivity contribution in [3.05, 3.63) is 0 Å². The van der Waals surface area contributed by atoms with Gasteiger partial charge in [-0.05, 0) is 12.8 Å². The van der Waals surface area contributed by atoms with Crippen LogP contribution in [-0.2, 0) is 4.79 Å². The summed E-state index contributed by atoms with van der Waals surface area (Å²) in [6.07, 6.45) is 12.3. The highest BCUT2D eigenvalue weighted by Gasteiger charge is 2.34. The maximum absolute atomic E-state index is 11.5. The molecule has 0 aliphatic carbocycles. The van der Waals surface area contributed by atoms with Crippen LogP contribution >= 0.6 is 0 Å². The summed E-state index contributed by atoms with van der Waals surface area (Å²) in [6.45, 7) is 4.15. The number of carbonyl (C=O) groups excluding carboxylic acids is 1. The van der Waals surface area contributed by atoms with Gasteiger partial charge in [0.15, 0.2) is 0 Å². The Morgan fingerprint density at radius 1 is 0.895 bits per heavy atom. The number of hydrogen-bond acceptors (Lipinski definition) is 2. The van der Waals surface area contributed by atoms with Gasteiger partial charge in [-0.1, -0.05) is 71.6 Å². The van der Waals surface area contributed by atoms with Gasteiger partial charge in [-0.25, -0.2) is 0 Å². The number of rotatable bonds is 13. The Hall–Kier alpha value is -0.570. The van der Waals surface area contributed by atoms with Gasteiger partial charge in [0.2, 0.25) is 5.91 Å². The summed E-state index contributed by atoms with van der Waals surface area (Å²) in [6, 6.07) is 0. The van der Waals surface area contributed by atoms with Crippen molar-refractivity contribution in [3.8, 4) is 0 Å². The molecule has 0 saturated heterocycles. The molecular formula is C16H33NO2. The molecule has 1 atom stereocenters. The monoisotopic (exact) mass is 271 g/mol. The lowest BCUT2D eigenvalue weighted by molar-refractivity contribution is -0.131. The van der Waals surface area contributed by atoms with Crippen LogP contribution in [-0.4, -0.2) is 17.6 Å². The lowest BCUT2D eigenvalue weighted by Gasteiger charge is -2.28. The van der Waals surface area contributed by atoms with Crippen LogP contribution in [0, 0.1) is 5.41 Å². The molecule has 3 heteroatoms. The van der Waals surface area contributed by atoms with Crippen molar-refractivity contribution in [3.63, 3.8) is 0 Å². The van der Waals surface area contributed by atoms with Crippen LogP contribution in [0.4, 0.5) is 0 Å². The first-order valence-corrected chi connectivity index (χ1v) is 8.03. The van der Waals surface area contributed by atoms with Gasteiger partial charge in [-0.3, -0.25) is 4.79 Å². The second-order valence-corrected chi connectivity index (χ2v) is 5.78. The molecule has 3 N–H and O–H groups in total. The Morgan fingerprint density at radius 3 is 1.84 bits per heavy atom. The first kappa shape index (κ1) is 18.4.